The fourth-order valence-electron chi connectivity index (χ4n) is 1.33. The summed E-state index contributed by atoms with van der Waals surface area (Å²) >= 11 is 0. The molecule has 1 heterocycles. The molecule has 1 aromatic heterocycles. The number of nitrogens with zero attached hydrogens (tertiary/aromatic N) is 3. The summed E-state index contributed by atoms with van der Waals surface area (Å²) in [6.07, 6.45) is 4.47. The molecule has 0 spiro atoms. The second-order valence-electron chi connectivity index (χ2n) is 3.91. The minimum absolute atomic E-state index is 0.126. The monoisotopic (exact) mass is 220 g/mol. The van der Waals surface area contributed by atoms with Crippen molar-refractivity contribution in [3.8, 4) is 6.07 Å². The van der Waals surface area contributed by atoms with E-state index < -0.39 is 0 Å². The molecule has 86 valence electrons. The highest BCUT2D eigenvalue weighted by atomic mass is 16.3. The summed E-state index contributed by atoms with van der Waals surface area (Å²) in [7, 11) is 0. The van der Waals surface area contributed by atoms with E-state index in [4.69, 9.17) is 10.4 Å². The highest BCUT2D eigenvalue weighted by molar-refractivity contribution is 5.36. The van der Waals surface area contributed by atoms with E-state index in [2.05, 4.69) is 15.3 Å². The molecule has 1 unspecified atom stereocenters. The minimum Gasteiger partial charge on any atom is -0.396 e. The molecular weight excluding hydrogens is 204 g/mol. The van der Waals surface area contributed by atoms with Gasteiger partial charge in [0.25, 0.3) is 0 Å². The van der Waals surface area contributed by atoms with Crippen LogP contribution in [-0.2, 0) is 0 Å². The van der Waals surface area contributed by atoms with Gasteiger partial charge in [-0.25, -0.2) is 9.97 Å². The Balaban J connectivity index is 2.75. The number of rotatable bonds is 5. The van der Waals surface area contributed by atoms with Crippen LogP contribution in [0.3, 0.4) is 0 Å². The lowest BCUT2D eigenvalue weighted by Crippen LogP contribution is -2.35. The predicted octanol–water partition coefficient (Wildman–Crippen LogP) is 1.31. The minimum atomic E-state index is -0.197. The molecule has 0 fully saturated rings. The Bertz CT molecular complexity index is 371. The summed E-state index contributed by atoms with van der Waals surface area (Å²) in [4.78, 5) is 8.01. The molecule has 16 heavy (non-hydrogen) atoms. The van der Waals surface area contributed by atoms with Gasteiger partial charge in [-0.15, -0.1) is 0 Å². The number of hydrogen-bond acceptors (Lipinski definition) is 5. The van der Waals surface area contributed by atoms with Crippen LogP contribution in [-0.4, -0.2) is 27.2 Å². The first-order valence-corrected chi connectivity index (χ1v) is 5.25. The van der Waals surface area contributed by atoms with E-state index in [0.29, 0.717) is 17.9 Å². The van der Waals surface area contributed by atoms with Crippen LogP contribution < -0.4 is 5.32 Å². The lowest BCUT2D eigenvalue weighted by molar-refractivity contribution is 0.252. The topological polar surface area (TPSA) is 81.8 Å². The van der Waals surface area contributed by atoms with Gasteiger partial charge < -0.3 is 10.4 Å². The molecule has 1 atom stereocenters. The van der Waals surface area contributed by atoms with Crippen LogP contribution in [0.25, 0.3) is 0 Å². The Kier molecular flexibility index (Phi) is 4.20. The van der Waals surface area contributed by atoms with E-state index in [1.165, 1.54) is 12.4 Å². The molecule has 2 N–H and O–H groups in total. The first kappa shape index (κ1) is 12.4. The molecular formula is C11H16N4O. The zero-order valence-electron chi connectivity index (χ0n) is 9.56. The van der Waals surface area contributed by atoms with Crippen LogP contribution >= 0.6 is 0 Å². The summed E-state index contributed by atoms with van der Waals surface area (Å²) in [6, 6.07) is 1.91. The summed E-state index contributed by atoms with van der Waals surface area (Å²) in [5, 5.41) is 20.8. The number of nitrogens with one attached hydrogen (secondary N) is 1. The first-order chi connectivity index (χ1) is 7.63. The van der Waals surface area contributed by atoms with E-state index >= 15 is 0 Å². The fraction of sp³-hybridized carbons (Fsp3) is 0.545. The third-order valence-electron chi connectivity index (χ3n) is 2.64. The lowest BCUT2D eigenvalue weighted by Gasteiger charge is -2.29. The SMILES string of the molecule is CCC(C)(CCO)Nc1cnc(C#N)cn1. The summed E-state index contributed by atoms with van der Waals surface area (Å²) < 4.78 is 0. The third-order valence-corrected chi connectivity index (χ3v) is 2.64. The predicted molar refractivity (Wildman–Crippen MR) is 60.8 cm³/mol. The summed E-state index contributed by atoms with van der Waals surface area (Å²) in [6.45, 7) is 4.18. The van der Waals surface area contributed by atoms with Gasteiger partial charge in [0.05, 0.1) is 12.4 Å². The molecule has 5 nitrogen and oxygen atoms in total. The van der Waals surface area contributed by atoms with Crippen LogP contribution in [0, 0.1) is 11.3 Å². The molecule has 0 aromatic carbocycles. The number of aliphatic hydroxyl groups excluding tert-OH is 1. The van der Waals surface area contributed by atoms with Gasteiger partial charge in [0.2, 0.25) is 0 Å². The maximum atomic E-state index is 8.97. The van der Waals surface area contributed by atoms with Gasteiger partial charge in [-0.05, 0) is 19.8 Å². The molecule has 0 aliphatic heterocycles. The lowest BCUT2D eigenvalue weighted by atomic mass is 9.95. The number of aliphatic hydroxyl groups is 1. The third kappa shape index (κ3) is 3.17. The van der Waals surface area contributed by atoms with Gasteiger partial charge in [0.1, 0.15) is 11.9 Å². The molecule has 0 saturated heterocycles. The fourth-order valence-corrected chi connectivity index (χ4v) is 1.33. The molecule has 0 bridgehead atoms. The molecule has 0 amide bonds. The number of anilines is 1. The Morgan fingerprint density at radius 1 is 1.50 bits per heavy atom. The Morgan fingerprint density at radius 3 is 2.69 bits per heavy atom. The van der Waals surface area contributed by atoms with Crippen LogP contribution in [0.1, 0.15) is 32.4 Å². The van der Waals surface area contributed by atoms with Crippen LogP contribution in [0.2, 0.25) is 0 Å². The van der Waals surface area contributed by atoms with Gasteiger partial charge in [0, 0.05) is 12.1 Å². The van der Waals surface area contributed by atoms with Gasteiger partial charge in [-0.2, -0.15) is 5.26 Å². The second-order valence-corrected chi connectivity index (χ2v) is 3.91. The number of hydrogen-bond donors (Lipinski definition) is 2. The standard InChI is InChI=1S/C11H16N4O/c1-3-11(2,4-5-16)15-10-8-13-9(6-12)7-14-10/h7-8,16H,3-5H2,1-2H3,(H,14,15). The Morgan fingerprint density at radius 2 is 2.25 bits per heavy atom. The van der Waals surface area contributed by atoms with Gasteiger partial charge in [-0.1, -0.05) is 6.92 Å². The van der Waals surface area contributed by atoms with Crippen molar-refractivity contribution in [1.82, 2.24) is 9.97 Å². The molecule has 1 rings (SSSR count). The quantitative estimate of drug-likeness (QED) is 0.781. The van der Waals surface area contributed by atoms with E-state index in [1.54, 1.807) is 0 Å². The van der Waals surface area contributed by atoms with Gasteiger partial charge >= 0.3 is 0 Å². The normalized spacial score (nSPS) is 13.9. The number of aromatic nitrogens is 2. The van der Waals surface area contributed by atoms with Crippen LogP contribution in [0.5, 0.6) is 0 Å². The second kappa shape index (κ2) is 5.42. The van der Waals surface area contributed by atoms with Crippen molar-refractivity contribution in [2.75, 3.05) is 11.9 Å². The molecule has 0 aliphatic carbocycles. The zero-order valence-corrected chi connectivity index (χ0v) is 9.56. The molecule has 1 aromatic rings. The van der Waals surface area contributed by atoms with E-state index in [0.717, 1.165) is 6.42 Å². The smallest absolute Gasteiger partial charge is 0.158 e. The van der Waals surface area contributed by atoms with Crippen molar-refractivity contribution in [2.24, 2.45) is 0 Å². The molecule has 5 heteroatoms. The molecule has 0 aliphatic rings. The van der Waals surface area contributed by atoms with Crippen molar-refractivity contribution in [2.45, 2.75) is 32.2 Å². The summed E-state index contributed by atoms with van der Waals surface area (Å²) in [5.74, 6) is 0.622. The molecule has 0 saturated carbocycles. The largest absolute Gasteiger partial charge is 0.396 e. The Hall–Kier alpha value is -1.67. The van der Waals surface area contributed by atoms with Gasteiger partial charge in [-0.3, -0.25) is 0 Å². The average Bonchev–Trinajstić information content (AvgIpc) is 2.30. The zero-order chi connectivity index (χ0) is 12.0. The van der Waals surface area contributed by atoms with Crippen molar-refractivity contribution in [3.63, 3.8) is 0 Å². The highest BCUT2D eigenvalue weighted by Gasteiger charge is 2.21. The first-order valence-electron chi connectivity index (χ1n) is 5.25. The number of nitriles is 1. The van der Waals surface area contributed by atoms with E-state index in [-0.39, 0.29) is 12.1 Å². The maximum absolute atomic E-state index is 8.97. The van der Waals surface area contributed by atoms with Gasteiger partial charge in [0.15, 0.2) is 5.69 Å². The van der Waals surface area contributed by atoms with Crippen molar-refractivity contribution >= 4 is 5.82 Å². The van der Waals surface area contributed by atoms with Crippen molar-refractivity contribution < 1.29 is 5.11 Å². The van der Waals surface area contributed by atoms with Crippen LogP contribution in [0.4, 0.5) is 5.82 Å². The van der Waals surface area contributed by atoms with Crippen molar-refractivity contribution in [3.05, 3.63) is 18.1 Å². The Labute approximate surface area is 95.2 Å². The van der Waals surface area contributed by atoms with E-state index in [1.807, 2.05) is 19.9 Å². The summed E-state index contributed by atoms with van der Waals surface area (Å²) in [5.41, 5.74) is 0.100. The average molecular weight is 220 g/mol. The maximum Gasteiger partial charge on any atom is 0.158 e. The molecule has 0 radical (unpaired) electrons. The highest BCUT2D eigenvalue weighted by Crippen LogP contribution is 2.19. The van der Waals surface area contributed by atoms with Crippen LogP contribution in [0.15, 0.2) is 12.4 Å². The van der Waals surface area contributed by atoms with Crippen molar-refractivity contribution in [1.29, 1.82) is 5.26 Å². The van der Waals surface area contributed by atoms with E-state index in [9.17, 15) is 0 Å².